The molecule has 4 rings (SSSR count). The number of nitrogens with one attached hydrogen (secondary N) is 1. The Bertz CT molecular complexity index is 1390. The van der Waals surface area contributed by atoms with Gasteiger partial charge in [-0.3, -0.25) is 19.0 Å². The number of anilines is 2. The van der Waals surface area contributed by atoms with Gasteiger partial charge in [0.15, 0.2) is 35.4 Å². The monoisotopic (exact) mass is 541 g/mol. The van der Waals surface area contributed by atoms with Crippen molar-refractivity contribution in [2.24, 2.45) is 0 Å². The van der Waals surface area contributed by atoms with Gasteiger partial charge in [-0.1, -0.05) is 6.07 Å². The zero-order valence-corrected chi connectivity index (χ0v) is 21.7. The van der Waals surface area contributed by atoms with Gasteiger partial charge in [0, 0.05) is 26.5 Å². The molecule has 1 aromatic carbocycles. The smallest absolute Gasteiger partial charge is 0.338 e. The van der Waals surface area contributed by atoms with Gasteiger partial charge in [0.05, 0.1) is 18.5 Å². The third-order valence-electron chi connectivity index (χ3n) is 5.61. The summed E-state index contributed by atoms with van der Waals surface area (Å²) in [6.07, 6.45) is -1.42. The minimum absolute atomic E-state index is 0.243. The molecule has 3 heterocycles. The van der Waals surface area contributed by atoms with Gasteiger partial charge < -0.3 is 29.0 Å². The minimum Gasteiger partial charge on any atom is -0.463 e. The molecule has 3 aromatic rings. The van der Waals surface area contributed by atoms with Crippen LogP contribution in [0.2, 0.25) is 0 Å². The van der Waals surface area contributed by atoms with Crippen LogP contribution in [0.15, 0.2) is 36.9 Å². The molecule has 1 N–H and O–H groups in total. The maximum atomic E-state index is 12.1. The Labute approximate surface area is 222 Å². The Morgan fingerprint density at radius 3 is 2.41 bits per heavy atom. The molecular formula is C25H27N5O9. The molecule has 39 heavy (non-hydrogen) atoms. The zero-order chi connectivity index (χ0) is 28.1. The maximum absolute atomic E-state index is 12.1. The lowest BCUT2D eigenvalue weighted by Crippen LogP contribution is -2.40. The summed E-state index contributed by atoms with van der Waals surface area (Å²) in [7, 11) is 0. The molecule has 0 saturated carbocycles. The third-order valence-corrected chi connectivity index (χ3v) is 5.61. The molecule has 206 valence electrons. The fourth-order valence-corrected chi connectivity index (χ4v) is 4.12. The lowest BCUT2D eigenvalue weighted by atomic mass is 10.1. The normalized spacial score (nSPS) is 20.3. The van der Waals surface area contributed by atoms with E-state index in [0.717, 1.165) is 0 Å². The molecule has 0 unspecified atom stereocenters. The van der Waals surface area contributed by atoms with Gasteiger partial charge in [0.2, 0.25) is 0 Å². The second-order valence-corrected chi connectivity index (χ2v) is 8.49. The van der Waals surface area contributed by atoms with Crippen LogP contribution in [0.5, 0.6) is 0 Å². The van der Waals surface area contributed by atoms with Gasteiger partial charge in [-0.05, 0) is 25.1 Å². The molecule has 14 nitrogen and oxygen atoms in total. The lowest BCUT2D eigenvalue weighted by Gasteiger charge is -2.23. The van der Waals surface area contributed by atoms with E-state index >= 15 is 0 Å². The topological polar surface area (TPSA) is 170 Å². The maximum Gasteiger partial charge on any atom is 0.338 e. The zero-order valence-electron chi connectivity index (χ0n) is 21.7. The SMILES string of the molecule is CCOC(=O)c1cccc(Nc2ncnc3c2ncn3[C@@H]2O[C@H](COC(C)=O)[C@@H](OC(C)=O)[C@H]2OC(C)=O)c1. The van der Waals surface area contributed by atoms with Gasteiger partial charge in [0.25, 0.3) is 0 Å². The number of aromatic nitrogens is 4. The number of benzene rings is 1. The Morgan fingerprint density at radius 1 is 0.974 bits per heavy atom. The van der Waals surface area contributed by atoms with Crippen molar-refractivity contribution in [1.29, 1.82) is 0 Å². The Hall–Kier alpha value is -4.59. The number of fused-ring (bicyclic) bond motifs is 1. The van der Waals surface area contributed by atoms with E-state index in [2.05, 4.69) is 20.3 Å². The van der Waals surface area contributed by atoms with E-state index in [1.807, 2.05) is 0 Å². The molecule has 0 radical (unpaired) electrons. The summed E-state index contributed by atoms with van der Waals surface area (Å²) >= 11 is 0. The molecule has 0 bridgehead atoms. The van der Waals surface area contributed by atoms with Gasteiger partial charge in [-0.25, -0.2) is 19.7 Å². The van der Waals surface area contributed by atoms with E-state index < -0.39 is 48.4 Å². The number of carbonyl (C=O) groups excluding carboxylic acids is 4. The van der Waals surface area contributed by atoms with Crippen molar-refractivity contribution < 1.29 is 42.9 Å². The summed E-state index contributed by atoms with van der Waals surface area (Å²) in [5.74, 6) is -1.96. The number of carbonyl (C=O) groups is 4. The summed E-state index contributed by atoms with van der Waals surface area (Å²) < 4.78 is 28.6. The second kappa shape index (κ2) is 11.9. The van der Waals surface area contributed by atoms with E-state index in [-0.39, 0.29) is 13.2 Å². The Kier molecular flexibility index (Phi) is 8.34. The van der Waals surface area contributed by atoms with Crippen molar-refractivity contribution >= 4 is 46.5 Å². The molecule has 0 amide bonds. The first kappa shape index (κ1) is 27.4. The van der Waals surface area contributed by atoms with E-state index in [9.17, 15) is 19.2 Å². The van der Waals surface area contributed by atoms with Crippen LogP contribution in [-0.4, -0.2) is 74.9 Å². The van der Waals surface area contributed by atoms with Crippen molar-refractivity contribution in [2.75, 3.05) is 18.5 Å². The van der Waals surface area contributed by atoms with Gasteiger partial charge in [0.1, 0.15) is 19.0 Å². The molecule has 1 fully saturated rings. The van der Waals surface area contributed by atoms with Crippen molar-refractivity contribution in [2.45, 2.75) is 52.2 Å². The lowest BCUT2D eigenvalue weighted by molar-refractivity contribution is -0.166. The molecule has 1 aliphatic heterocycles. The van der Waals surface area contributed by atoms with Crippen LogP contribution in [0, 0.1) is 0 Å². The van der Waals surface area contributed by atoms with Crippen LogP contribution in [0.1, 0.15) is 44.3 Å². The van der Waals surface area contributed by atoms with Gasteiger partial charge in [-0.2, -0.15) is 0 Å². The van der Waals surface area contributed by atoms with Crippen molar-refractivity contribution in [3.63, 3.8) is 0 Å². The first-order valence-corrected chi connectivity index (χ1v) is 12.0. The van der Waals surface area contributed by atoms with Crippen molar-refractivity contribution in [3.05, 3.63) is 42.5 Å². The fourth-order valence-electron chi connectivity index (χ4n) is 4.12. The highest BCUT2D eigenvalue weighted by atomic mass is 16.7. The van der Waals surface area contributed by atoms with Crippen LogP contribution in [0.4, 0.5) is 11.5 Å². The van der Waals surface area contributed by atoms with E-state index in [0.29, 0.717) is 28.2 Å². The number of hydrogen-bond donors (Lipinski definition) is 1. The number of imidazole rings is 1. The number of rotatable bonds is 9. The highest BCUT2D eigenvalue weighted by molar-refractivity contribution is 5.91. The van der Waals surface area contributed by atoms with E-state index in [1.165, 1.54) is 38.0 Å². The summed E-state index contributed by atoms with van der Waals surface area (Å²) in [4.78, 5) is 60.3. The first-order valence-electron chi connectivity index (χ1n) is 12.0. The van der Waals surface area contributed by atoms with Gasteiger partial charge in [-0.15, -0.1) is 0 Å². The second-order valence-electron chi connectivity index (χ2n) is 8.49. The van der Waals surface area contributed by atoms with Crippen LogP contribution in [0.3, 0.4) is 0 Å². The van der Waals surface area contributed by atoms with Crippen LogP contribution in [0.25, 0.3) is 11.2 Å². The fraction of sp³-hybridized carbons (Fsp3) is 0.400. The number of hydrogen-bond acceptors (Lipinski definition) is 13. The molecule has 4 atom stereocenters. The number of ether oxygens (including phenoxy) is 5. The minimum atomic E-state index is -1.10. The highest BCUT2D eigenvalue weighted by Crippen LogP contribution is 2.36. The predicted octanol–water partition coefficient (Wildman–Crippen LogP) is 2.07. The first-order chi connectivity index (χ1) is 18.7. The summed E-state index contributed by atoms with van der Waals surface area (Å²) in [5, 5.41) is 3.12. The Balaban J connectivity index is 1.68. The summed E-state index contributed by atoms with van der Waals surface area (Å²) in [5.41, 5.74) is 1.57. The summed E-state index contributed by atoms with van der Waals surface area (Å²) in [6.45, 7) is 5.37. The van der Waals surface area contributed by atoms with Crippen LogP contribution >= 0.6 is 0 Å². The average Bonchev–Trinajstić information content (AvgIpc) is 3.44. The number of nitrogens with zero attached hydrogens (tertiary/aromatic N) is 4. The molecular weight excluding hydrogens is 514 g/mol. The van der Waals surface area contributed by atoms with Crippen LogP contribution in [-0.2, 0) is 38.1 Å². The predicted molar refractivity (Wildman–Crippen MR) is 133 cm³/mol. The molecule has 2 aromatic heterocycles. The Morgan fingerprint density at radius 2 is 1.72 bits per heavy atom. The third kappa shape index (κ3) is 6.29. The molecule has 0 aliphatic carbocycles. The molecule has 1 aliphatic rings. The van der Waals surface area contributed by atoms with E-state index in [1.54, 1.807) is 31.2 Å². The molecule has 0 spiro atoms. The quantitative estimate of drug-likeness (QED) is 0.309. The molecule has 14 heteroatoms. The van der Waals surface area contributed by atoms with Crippen LogP contribution < -0.4 is 5.32 Å². The van der Waals surface area contributed by atoms with Gasteiger partial charge >= 0.3 is 23.9 Å². The highest BCUT2D eigenvalue weighted by Gasteiger charge is 2.51. The molecule has 1 saturated heterocycles. The standard InChI is InChI=1S/C25H27N5O9/c1-5-35-25(34)16-7-6-8-17(9-16)29-22-19-23(27-11-26-22)30(12-28-19)24-21(38-15(4)33)20(37-14(3)32)18(39-24)10-36-13(2)31/h6-9,11-12,18,20-21,24H,5,10H2,1-4H3,(H,26,27,29)/t18-,20-,21-,24-/m1/s1. The number of esters is 4. The average molecular weight is 542 g/mol. The van der Waals surface area contributed by atoms with Crippen molar-refractivity contribution in [3.8, 4) is 0 Å². The van der Waals surface area contributed by atoms with Crippen molar-refractivity contribution in [1.82, 2.24) is 19.5 Å². The summed E-state index contributed by atoms with van der Waals surface area (Å²) in [6, 6.07) is 6.68. The van der Waals surface area contributed by atoms with E-state index in [4.69, 9.17) is 23.7 Å². The largest absolute Gasteiger partial charge is 0.463 e.